The highest BCUT2D eigenvalue weighted by Gasteiger charge is 2.02. The molecule has 1 fully saturated rings. The molecule has 0 aromatic heterocycles. The summed E-state index contributed by atoms with van der Waals surface area (Å²) in [5.41, 5.74) is 3.89. The number of alkyl halides is 1. The van der Waals surface area contributed by atoms with Crippen LogP contribution in [0.2, 0.25) is 0 Å². The van der Waals surface area contributed by atoms with Crippen molar-refractivity contribution in [2.24, 2.45) is 0 Å². The molecule has 0 bridgehead atoms. The first-order valence-corrected chi connectivity index (χ1v) is 20.9. The van der Waals surface area contributed by atoms with Gasteiger partial charge in [0.15, 0.2) is 0 Å². The molecule has 1 heterocycles. The van der Waals surface area contributed by atoms with Crippen molar-refractivity contribution < 1.29 is 5.11 Å². The van der Waals surface area contributed by atoms with Gasteiger partial charge >= 0.3 is 0 Å². The Morgan fingerprint density at radius 3 is 1.30 bits per heavy atom. The number of likely N-dealkylation sites (tertiary alicyclic amines) is 1. The summed E-state index contributed by atoms with van der Waals surface area (Å²) in [5.74, 6) is 0. The van der Waals surface area contributed by atoms with Crippen LogP contribution < -0.4 is 5.32 Å². The van der Waals surface area contributed by atoms with Crippen LogP contribution in [-0.2, 0) is 0 Å². The average molecular weight is 738 g/mol. The number of aliphatic hydroxyl groups is 1. The summed E-state index contributed by atoms with van der Waals surface area (Å²) in [7, 11) is 2.19. The summed E-state index contributed by atoms with van der Waals surface area (Å²) in [4.78, 5) is 2.39. The normalized spacial score (nSPS) is 10.0. The zero-order valence-corrected chi connectivity index (χ0v) is 38.7. The molecule has 1 aliphatic rings. The van der Waals surface area contributed by atoms with Crippen LogP contribution in [0.15, 0.2) is 48.6 Å². The van der Waals surface area contributed by atoms with Gasteiger partial charge in [0.2, 0.25) is 0 Å². The Morgan fingerprint density at radius 1 is 0.787 bits per heavy atom. The number of piperidine rings is 1. The Balaban J connectivity index is -0.0000000446. The quantitative estimate of drug-likeness (QED) is 0.225. The summed E-state index contributed by atoms with van der Waals surface area (Å²) >= 11 is 3.06. The van der Waals surface area contributed by atoms with Gasteiger partial charge in [0, 0.05) is 17.6 Å². The molecule has 2 rings (SSSR count). The molecule has 1 aromatic rings. The van der Waals surface area contributed by atoms with Gasteiger partial charge in [0.05, 0.1) is 6.10 Å². The topological polar surface area (TPSA) is 35.5 Å². The Morgan fingerprint density at radius 2 is 1.11 bits per heavy atom. The van der Waals surface area contributed by atoms with Crippen LogP contribution >= 0.6 is 15.9 Å². The highest BCUT2D eigenvalue weighted by Crippen LogP contribution is 2.14. The second kappa shape index (κ2) is 90.6. The summed E-state index contributed by atoms with van der Waals surface area (Å²) in [6.07, 6.45) is 9.44. The van der Waals surface area contributed by atoms with E-state index < -0.39 is 0 Å². The predicted molar refractivity (Wildman–Crippen MR) is 236 cm³/mol. The Kier molecular flexibility index (Phi) is 138. The molecule has 2 N–H and O–H groups in total. The van der Waals surface area contributed by atoms with Gasteiger partial charge in [-0.25, -0.2) is 0 Å². The Labute approximate surface area is 312 Å². The molecular formula is C43H97BrN2O. The van der Waals surface area contributed by atoms with E-state index in [1.807, 2.05) is 109 Å². The number of nitrogens with zero attached hydrogens (tertiary/aromatic N) is 1. The van der Waals surface area contributed by atoms with Crippen LogP contribution in [0.5, 0.6) is 0 Å². The molecule has 0 saturated carbocycles. The van der Waals surface area contributed by atoms with E-state index in [0.717, 1.165) is 19.4 Å². The van der Waals surface area contributed by atoms with E-state index in [0.29, 0.717) is 5.33 Å². The first-order chi connectivity index (χ1) is 22.7. The van der Waals surface area contributed by atoms with E-state index in [4.69, 9.17) is 5.11 Å². The molecule has 292 valence electrons. The highest BCUT2D eigenvalue weighted by molar-refractivity contribution is 9.09. The van der Waals surface area contributed by atoms with Gasteiger partial charge in [0.25, 0.3) is 0 Å². The third kappa shape index (κ3) is 92.4. The number of halogens is 1. The van der Waals surface area contributed by atoms with Crippen molar-refractivity contribution in [3.8, 4) is 0 Å². The van der Waals surface area contributed by atoms with Crippen LogP contribution in [0.25, 0.3) is 5.70 Å². The van der Waals surface area contributed by atoms with Crippen LogP contribution in [0.3, 0.4) is 0 Å². The van der Waals surface area contributed by atoms with E-state index in [9.17, 15) is 0 Å². The molecule has 1 atom stereocenters. The maximum Gasteiger partial charge on any atom is 0.0608 e. The number of benzene rings is 1. The van der Waals surface area contributed by atoms with Gasteiger partial charge in [-0.05, 0) is 72.2 Å². The zero-order valence-electron chi connectivity index (χ0n) is 37.1. The molecule has 0 amide bonds. The zero-order chi connectivity index (χ0) is 39.9. The third-order valence-corrected chi connectivity index (χ3v) is 5.14. The van der Waals surface area contributed by atoms with Crippen LogP contribution in [0.4, 0.5) is 0 Å². The van der Waals surface area contributed by atoms with Crippen LogP contribution in [0.1, 0.15) is 189 Å². The highest BCUT2D eigenvalue weighted by atomic mass is 79.9. The SMILES string of the molecule is C=CCC.CC.CC.CC.CC.CC.CC.CC.CC(O)CBr.CCC.CCCNC(=C(C)C)c1ccccc1.CN1CCCCC1. The molecular weight excluding hydrogens is 640 g/mol. The Hall–Kier alpha value is -1.10. The van der Waals surface area contributed by atoms with Crippen LogP contribution in [0, 0.1) is 0 Å². The molecule has 1 saturated heterocycles. The molecule has 1 unspecified atom stereocenters. The lowest BCUT2D eigenvalue weighted by molar-refractivity contribution is 0.222. The van der Waals surface area contributed by atoms with Crippen LogP contribution in [-0.4, -0.2) is 48.1 Å². The van der Waals surface area contributed by atoms with Crippen molar-refractivity contribution in [3.05, 3.63) is 54.1 Å². The van der Waals surface area contributed by atoms with Crippen molar-refractivity contribution in [3.63, 3.8) is 0 Å². The molecule has 1 aliphatic heterocycles. The summed E-state index contributed by atoms with van der Waals surface area (Å²) < 4.78 is 0. The van der Waals surface area contributed by atoms with E-state index in [1.54, 1.807) is 6.92 Å². The minimum Gasteiger partial charge on any atom is -0.393 e. The molecule has 47 heavy (non-hydrogen) atoms. The lowest BCUT2D eigenvalue weighted by Crippen LogP contribution is -2.24. The van der Waals surface area contributed by atoms with Gasteiger partial charge < -0.3 is 15.3 Å². The van der Waals surface area contributed by atoms with E-state index in [1.165, 1.54) is 55.6 Å². The summed E-state index contributed by atoms with van der Waals surface area (Å²) in [6.45, 7) is 49.7. The fourth-order valence-corrected chi connectivity index (χ4v) is 2.47. The third-order valence-electron chi connectivity index (χ3n) is 4.21. The molecule has 0 spiro atoms. The second-order valence-electron chi connectivity index (χ2n) is 8.44. The average Bonchev–Trinajstić information content (AvgIpc) is 3.16. The second-order valence-corrected chi connectivity index (χ2v) is 9.09. The van der Waals surface area contributed by atoms with Gasteiger partial charge in [-0.2, -0.15) is 0 Å². The Bertz CT molecular complexity index is 536. The first-order valence-electron chi connectivity index (χ1n) is 19.7. The van der Waals surface area contributed by atoms with Gasteiger partial charge in [-0.3, -0.25) is 0 Å². The number of rotatable bonds is 6. The van der Waals surface area contributed by atoms with Crippen molar-refractivity contribution in [1.82, 2.24) is 10.2 Å². The minimum absolute atomic E-state index is 0.199. The predicted octanol–water partition coefficient (Wildman–Crippen LogP) is 15.5. The molecule has 1 aromatic carbocycles. The fraction of sp³-hybridized carbons (Fsp3) is 0.767. The first kappa shape index (κ1) is 71.8. The van der Waals surface area contributed by atoms with Gasteiger partial charge in [-0.1, -0.05) is 195 Å². The van der Waals surface area contributed by atoms with E-state index in [2.05, 4.69) is 106 Å². The molecule has 3 nitrogen and oxygen atoms in total. The smallest absolute Gasteiger partial charge is 0.0608 e. The minimum atomic E-state index is -0.199. The molecule has 0 radical (unpaired) electrons. The summed E-state index contributed by atoms with van der Waals surface area (Å²) in [6, 6.07) is 10.5. The van der Waals surface area contributed by atoms with Crippen molar-refractivity contribution in [2.45, 2.75) is 190 Å². The molecule has 0 aliphatic carbocycles. The fourth-order valence-electron chi connectivity index (χ4n) is 2.47. The number of nitrogens with one attached hydrogen (secondary N) is 1. The molecule has 4 heteroatoms. The maximum atomic E-state index is 8.31. The van der Waals surface area contributed by atoms with Gasteiger partial charge in [-0.15, -0.1) is 6.58 Å². The van der Waals surface area contributed by atoms with Crippen molar-refractivity contribution in [2.75, 3.05) is 32.0 Å². The lowest BCUT2D eigenvalue weighted by Gasteiger charge is -2.20. The number of hydrogen-bond donors (Lipinski definition) is 2. The largest absolute Gasteiger partial charge is 0.393 e. The number of hydrogen-bond acceptors (Lipinski definition) is 3. The van der Waals surface area contributed by atoms with E-state index in [-0.39, 0.29) is 6.10 Å². The number of aliphatic hydroxyl groups excluding tert-OH is 1. The van der Waals surface area contributed by atoms with Gasteiger partial charge in [0.1, 0.15) is 0 Å². The van der Waals surface area contributed by atoms with Crippen molar-refractivity contribution in [1.29, 1.82) is 0 Å². The van der Waals surface area contributed by atoms with E-state index >= 15 is 0 Å². The lowest BCUT2D eigenvalue weighted by atomic mass is 10.1. The monoisotopic (exact) mass is 737 g/mol. The maximum absolute atomic E-state index is 8.31. The standard InChI is InChI=1S/C13H19N.C6H13N.C4H8.C3H7BrO.C3H8.7C2H6/c1-4-10-14-13(11(2)3)12-8-6-5-7-9-12;1-7-5-3-2-4-6-7;1-3-4-2;1-3(5)2-4;1-3-2;7*1-2/h5-9,14H,4,10H2,1-3H3;2-6H2,1H3;3H,1,4H2,2H3;3,5H,2H2,1H3;3H2,1-2H3;7*1-2H3. The number of allylic oxidation sites excluding steroid dienone is 2. The summed E-state index contributed by atoms with van der Waals surface area (Å²) in [5, 5.41) is 12.5. The van der Waals surface area contributed by atoms with Crippen molar-refractivity contribution >= 4 is 21.6 Å².